The van der Waals surface area contributed by atoms with E-state index in [0.717, 1.165) is 25.9 Å². The zero-order valence-electron chi connectivity index (χ0n) is 13.5. The molecule has 0 aromatic heterocycles. The third kappa shape index (κ3) is 4.90. The number of aliphatic hydroxyl groups excluding tert-OH is 1. The lowest BCUT2D eigenvalue weighted by atomic mass is 9.79. The predicted molar refractivity (Wildman–Crippen MR) is 85.1 cm³/mol. The third-order valence-corrected chi connectivity index (χ3v) is 4.28. The average Bonchev–Trinajstić information content (AvgIpc) is 2.35. The van der Waals surface area contributed by atoms with E-state index in [1.165, 1.54) is 0 Å². The molecular weight excluding hydrogens is 276 g/mol. The minimum absolute atomic E-state index is 0. The van der Waals surface area contributed by atoms with E-state index in [1.54, 1.807) is 0 Å². The lowest BCUT2D eigenvalue weighted by molar-refractivity contribution is -0.132. The van der Waals surface area contributed by atoms with Crippen LogP contribution in [0, 0.1) is 16.7 Å². The van der Waals surface area contributed by atoms with Crippen molar-refractivity contribution in [3.05, 3.63) is 0 Å². The molecule has 0 saturated carbocycles. The number of hydrogen-bond donors (Lipinski definition) is 3. The van der Waals surface area contributed by atoms with Crippen molar-refractivity contribution in [2.45, 2.75) is 53.6 Å². The van der Waals surface area contributed by atoms with Crippen LogP contribution in [0.3, 0.4) is 0 Å². The molecule has 2 atom stereocenters. The van der Waals surface area contributed by atoms with Crippen molar-refractivity contribution < 1.29 is 9.90 Å². The molecule has 3 N–H and O–H groups in total. The van der Waals surface area contributed by atoms with Crippen LogP contribution >= 0.6 is 12.4 Å². The van der Waals surface area contributed by atoms with Crippen molar-refractivity contribution in [3.8, 4) is 0 Å². The zero-order valence-corrected chi connectivity index (χ0v) is 14.3. The molecule has 4 nitrogen and oxygen atoms in total. The van der Waals surface area contributed by atoms with Gasteiger partial charge in [0.2, 0.25) is 5.91 Å². The Morgan fingerprint density at radius 3 is 2.50 bits per heavy atom. The van der Waals surface area contributed by atoms with E-state index in [9.17, 15) is 9.90 Å². The second-order valence-electron chi connectivity index (χ2n) is 7.20. The quantitative estimate of drug-likeness (QED) is 0.727. The Labute approximate surface area is 129 Å². The highest BCUT2D eigenvalue weighted by atomic mass is 35.5. The Bertz CT molecular complexity index is 313. The molecule has 0 spiro atoms. The third-order valence-electron chi connectivity index (χ3n) is 4.28. The molecule has 0 bridgehead atoms. The van der Waals surface area contributed by atoms with Crippen molar-refractivity contribution in [2.24, 2.45) is 16.7 Å². The van der Waals surface area contributed by atoms with Crippen molar-refractivity contribution in [1.29, 1.82) is 0 Å². The highest BCUT2D eigenvalue weighted by Gasteiger charge is 2.36. The maximum Gasteiger partial charge on any atom is 0.227 e. The Balaban J connectivity index is 0.00000361. The average molecular weight is 307 g/mol. The van der Waals surface area contributed by atoms with Gasteiger partial charge in [0.15, 0.2) is 0 Å². The fraction of sp³-hybridized carbons (Fsp3) is 0.933. The van der Waals surface area contributed by atoms with Gasteiger partial charge in [-0.15, -0.1) is 12.4 Å². The molecule has 1 amide bonds. The van der Waals surface area contributed by atoms with Gasteiger partial charge in [-0.2, -0.15) is 0 Å². The molecule has 1 fully saturated rings. The van der Waals surface area contributed by atoms with Crippen molar-refractivity contribution >= 4 is 18.3 Å². The SMILES string of the molecule is CC(C)C(O)C(C)(C)CNC(=O)C1(C)CCCNC1.Cl. The summed E-state index contributed by atoms with van der Waals surface area (Å²) in [5.41, 5.74) is -0.612. The van der Waals surface area contributed by atoms with Crippen LogP contribution in [0.1, 0.15) is 47.5 Å². The summed E-state index contributed by atoms with van der Waals surface area (Å²) in [4.78, 5) is 12.3. The maximum atomic E-state index is 12.3. The van der Waals surface area contributed by atoms with E-state index >= 15 is 0 Å². The number of carbonyl (C=O) groups is 1. The van der Waals surface area contributed by atoms with Gasteiger partial charge in [-0.05, 0) is 32.2 Å². The molecule has 120 valence electrons. The summed E-state index contributed by atoms with van der Waals surface area (Å²) in [6.45, 7) is 12.3. The number of rotatable bonds is 5. The summed E-state index contributed by atoms with van der Waals surface area (Å²) in [6, 6.07) is 0. The number of halogens is 1. The van der Waals surface area contributed by atoms with Crippen LogP contribution in [-0.4, -0.2) is 36.8 Å². The molecule has 1 rings (SSSR count). The maximum absolute atomic E-state index is 12.3. The van der Waals surface area contributed by atoms with Gasteiger partial charge in [0, 0.05) is 18.5 Å². The van der Waals surface area contributed by atoms with E-state index in [2.05, 4.69) is 10.6 Å². The molecule has 1 heterocycles. The van der Waals surface area contributed by atoms with Crippen molar-refractivity contribution in [1.82, 2.24) is 10.6 Å². The van der Waals surface area contributed by atoms with Gasteiger partial charge in [0.05, 0.1) is 11.5 Å². The Kier molecular flexibility index (Phi) is 7.50. The van der Waals surface area contributed by atoms with Gasteiger partial charge < -0.3 is 15.7 Å². The van der Waals surface area contributed by atoms with Crippen LogP contribution in [0.15, 0.2) is 0 Å². The van der Waals surface area contributed by atoms with Crippen LogP contribution < -0.4 is 10.6 Å². The summed E-state index contributed by atoms with van der Waals surface area (Å²) < 4.78 is 0. The highest BCUT2D eigenvalue weighted by molar-refractivity contribution is 5.85. The smallest absolute Gasteiger partial charge is 0.227 e. The van der Waals surface area contributed by atoms with Gasteiger partial charge in [-0.25, -0.2) is 0 Å². The van der Waals surface area contributed by atoms with E-state index in [0.29, 0.717) is 6.54 Å². The first-order chi connectivity index (χ1) is 8.69. The largest absolute Gasteiger partial charge is 0.392 e. The fourth-order valence-corrected chi connectivity index (χ4v) is 2.78. The number of nitrogens with one attached hydrogen (secondary N) is 2. The van der Waals surface area contributed by atoms with E-state index in [1.807, 2.05) is 34.6 Å². The number of piperidine rings is 1. The first-order valence-corrected chi connectivity index (χ1v) is 7.36. The standard InChI is InChI=1S/C15H30N2O2.ClH/c1-11(2)12(18)14(3,4)9-17-13(19)15(5)7-6-8-16-10-15;/h11-12,16,18H,6-10H2,1-5H3,(H,17,19);1H. The highest BCUT2D eigenvalue weighted by Crippen LogP contribution is 2.28. The number of carbonyl (C=O) groups excluding carboxylic acids is 1. The van der Waals surface area contributed by atoms with Gasteiger partial charge in [0.25, 0.3) is 0 Å². The Morgan fingerprint density at radius 2 is 2.05 bits per heavy atom. The van der Waals surface area contributed by atoms with Gasteiger partial charge in [0.1, 0.15) is 0 Å². The summed E-state index contributed by atoms with van der Waals surface area (Å²) in [5, 5.41) is 16.5. The minimum atomic E-state index is -0.412. The molecular formula is C15H31ClN2O2. The van der Waals surface area contributed by atoms with Crippen molar-refractivity contribution in [3.63, 3.8) is 0 Å². The Morgan fingerprint density at radius 1 is 1.45 bits per heavy atom. The monoisotopic (exact) mass is 306 g/mol. The Hall–Kier alpha value is -0.320. The van der Waals surface area contributed by atoms with E-state index in [-0.39, 0.29) is 35.1 Å². The predicted octanol–water partition coefficient (Wildman–Crippen LogP) is 1.96. The summed E-state index contributed by atoms with van der Waals surface area (Å²) in [6.07, 6.45) is 1.56. The molecule has 1 aliphatic heterocycles. The van der Waals surface area contributed by atoms with Crippen LogP contribution in [0.5, 0.6) is 0 Å². The molecule has 0 radical (unpaired) electrons. The molecule has 1 aliphatic rings. The molecule has 2 unspecified atom stereocenters. The topological polar surface area (TPSA) is 61.4 Å². The second kappa shape index (κ2) is 7.62. The normalized spacial score (nSPS) is 24.9. The van der Waals surface area contributed by atoms with E-state index in [4.69, 9.17) is 0 Å². The minimum Gasteiger partial charge on any atom is -0.392 e. The van der Waals surface area contributed by atoms with Gasteiger partial charge >= 0.3 is 0 Å². The molecule has 0 aromatic carbocycles. The summed E-state index contributed by atoms with van der Waals surface area (Å²) >= 11 is 0. The van der Waals surface area contributed by atoms with Crippen LogP contribution in [0.2, 0.25) is 0 Å². The van der Waals surface area contributed by atoms with Crippen LogP contribution in [-0.2, 0) is 4.79 Å². The first-order valence-electron chi connectivity index (χ1n) is 7.36. The molecule has 0 aliphatic carbocycles. The number of aliphatic hydroxyl groups is 1. The first kappa shape index (κ1) is 19.7. The lowest BCUT2D eigenvalue weighted by Gasteiger charge is -2.36. The van der Waals surface area contributed by atoms with Gasteiger partial charge in [-0.1, -0.05) is 27.7 Å². The molecule has 20 heavy (non-hydrogen) atoms. The molecule has 0 aromatic rings. The fourth-order valence-electron chi connectivity index (χ4n) is 2.78. The van der Waals surface area contributed by atoms with Crippen LogP contribution in [0.4, 0.5) is 0 Å². The second-order valence-corrected chi connectivity index (χ2v) is 7.20. The van der Waals surface area contributed by atoms with E-state index < -0.39 is 6.10 Å². The zero-order chi connectivity index (χ0) is 14.7. The summed E-state index contributed by atoms with van der Waals surface area (Å²) in [7, 11) is 0. The molecule has 1 saturated heterocycles. The number of hydrogen-bond acceptors (Lipinski definition) is 3. The lowest BCUT2D eigenvalue weighted by Crippen LogP contribution is -2.52. The van der Waals surface area contributed by atoms with Crippen molar-refractivity contribution in [2.75, 3.05) is 19.6 Å². The summed E-state index contributed by atoms with van der Waals surface area (Å²) in [5.74, 6) is 0.294. The number of amides is 1. The van der Waals surface area contributed by atoms with Gasteiger partial charge in [-0.3, -0.25) is 4.79 Å². The molecule has 5 heteroatoms. The van der Waals surface area contributed by atoms with Crippen LogP contribution in [0.25, 0.3) is 0 Å².